The van der Waals surface area contributed by atoms with Crippen molar-refractivity contribution in [1.29, 1.82) is 0 Å². The molecule has 1 N–H and O–H groups in total. The van der Waals surface area contributed by atoms with E-state index in [4.69, 9.17) is 9.84 Å². The maximum atomic E-state index is 12.5. The number of hydrogen-bond acceptors (Lipinski definition) is 7. The Bertz CT molecular complexity index is 950. The molecule has 2 aromatic heterocycles. The van der Waals surface area contributed by atoms with Crippen LogP contribution in [0.1, 0.15) is 38.3 Å². The monoisotopic (exact) mass is 415 g/mol. The average molecular weight is 416 g/mol. The highest BCUT2D eigenvalue weighted by Crippen LogP contribution is 2.40. The first-order valence-corrected chi connectivity index (χ1v) is 11.0. The number of para-hydroxylation sites is 1. The van der Waals surface area contributed by atoms with Crippen molar-refractivity contribution in [1.82, 2.24) is 20.0 Å². The van der Waals surface area contributed by atoms with Crippen LogP contribution in [0.3, 0.4) is 0 Å². The second-order valence-corrected chi connectivity index (χ2v) is 8.98. The van der Waals surface area contributed by atoms with Crippen molar-refractivity contribution in [2.45, 2.75) is 43.1 Å². The molecule has 1 fully saturated rings. The minimum Gasteiger partial charge on any atom is -0.466 e. The number of amides is 1. The zero-order chi connectivity index (χ0) is 19.5. The molecule has 3 aromatic rings. The van der Waals surface area contributed by atoms with E-state index in [2.05, 4.69) is 15.5 Å². The van der Waals surface area contributed by atoms with E-state index in [1.165, 1.54) is 23.1 Å². The van der Waals surface area contributed by atoms with Crippen LogP contribution >= 0.6 is 23.1 Å². The predicted octanol–water partition coefficient (Wildman–Crippen LogP) is 4.12. The maximum absolute atomic E-state index is 12.5. The molecule has 0 bridgehead atoms. The third-order valence-electron chi connectivity index (χ3n) is 4.04. The van der Waals surface area contributed by atoms with Gasteiger partial charge < -0.3 is 10.1 Å². The Morgan fingerprint density at radius 2 is 2.11 bits per heavy atom. The molecule has 0 atom stereocenters. The lowest BCUT2D eigenvalue weighted by Crippen LogP contribution is -2.16. The van der Waals surface area contributed by atoms with Gasteiger partial charge in [0.15, 0.2) is 4.34 Å². The van der Waals surface area contributed by atoms with Gasteiger partial charge in [-0.25, -0.2) is 4.68 Å². The number of rotatable bonds is 8. The summed E-state index contributed by atoms with van der Waals surface area (Å²) < 4.78 is 8.02. The van der Waals surface area contributed by atoms with Crippen molar-refractivity contribution in [3.8, 4) is 10.9 Å². The number of aromatic nitrogens is 4. The molecule has 7 nitrogen and oxygen atoms in total. The summed E-state index contributed by atoms with van der Waals surface area (Å²) >= 11 is 2.69. The van der Waals surface area contributed by atoms with Crippen LogP contribution in [0.2, 0.25) is 0 Å². The van der Waals surface area contributed by atoms with E-state index in [0.717, 1.165) is 24.2 Å². The van der Waals surface area contributed by atoms with Gasteiger partial charge in [0.25, 0.3) is 5.19 Å². The molecular formula is C19H21N5O2S2. The summed E-state index contributed by atoms with van der Waals surface area (Å²) in [6, 6.07) is 11.8. The first-order chi connectivity index (χ1) is 13.6. The molecule has 0 spiro atoms. The lowest BCUT2D eigenvalue weighted by molar-refractivity contribution is -0.113. The van der Waals surface area contributed by atoms with Crippen LogP contribution in [0.25, 0.3) is 5.69 Å². The summed E-state index contributed by atoms with van der Waals surface area (Å²) in [4.78, 5) is 12.5. The van der Waals surface area contributed by atoms with Crippen LogP contribution in [0.4, 0.5) is 5.82 Å². The average Bonchev–Trinajstić information content (AvgIpc) is 3.30. The summed E-state index contributed by atoms with van der Waals surface area (Å²) in [6.07, 6.45) is 2.37. The number of carbonyl (C=O) groups is 1. The van der Waals surface area contributed by atoms with E-state index in [0.29, 0.717) is 21.3 Å². The minimum absolute atomic E-state index is 0.0491. The Labute approximate surface area is 171 Å². The highest BCUT2D eigenvalue weighted by atomic mass is 32.2. The highest BCUT2D eigenvalue weighted by Gasteiger charge is 2.28. The summed E-state index contributed by atoms with van der Waals surface area (Å²) in [5, 5.41) is 16.3. The summed E-state index contributed by atoms with van der Waals surface area (Å²) in [5.41, 5.74) is 1.96. The molecule has 0 saturated heterocycles. The number of anilines is 1. The molecule has 1 aliphatic rings. The molecule has 1 saturated carbocycles. The number of hydrogen-bond donors (Lipinski definition) is 1. The van der Waals surface area contributed by atoms with E-state index in [-0.39, 0.29) is 17.8 Å². The number of thioether (sulfide) groups is 1. The van der Waals surface area contributed by atoms with Gasteiger partial charge in [-0.05, 0) is 50.2 Å². The third kappa shape index (κ3) is 4.71. The Hall–Kier alpha value is -2.39. The molecule has 0 radical (unpaired) electrons. The van der Waals surface area contributed by atoms with Crippen molar-refractivity contribution < 1.29 is 9.53 Å². The second kappa shape index (κ2) is 8.32. The molecule has 1 aromatic carbocycles. The smallest absolute Gasteiger partial charge is 0.295 e. The summed E-state index contributed by atoms with van der Waals surface area (Å²) in [5.74, 6) is 1.34. The molecule has 146 valence electrons. The fourth-order valence-electron chi connectivity index (χ4n) is 2.64. The van der Waals surface area contributed by atoms with Gasteiger partial charge in [0.2, 0.25) is 5.91 Å². The zero-order valence-electron chi connectivity index (χ0n) is 15.7. The van der Waals surface area contributed by atoms with Gasteiger partial charge in [0.05, 0.1) is 23.2 Å². The molecule has 9 heteroatoms. The van der Waals surface area contributed by atoms with E-state index in [9.17, 15) is 4.79 Å². The van der Waals surface area contributed by atoms with Crippen LogP contribution in [-0.2, 0) is 4.79 Å². The van der Waals surface area contributed by atoms with E-state index < -0.39 is 0 Å². The minimum atomic E-state index is -0.106. The van der Waals surface area contributed by atoms with Crippen LogP contribution in [0, 0.1) is 0 Å². The van der Waals surface area contributed by atoms with Gasteiger partial charge in [0, 0.05) is 12.0 Å². The zero-order valence-corrected chi connectivity index (χ0v) is 17.3. The Morgan fingerprint density at radius 1 is 1.32 bits per heavy atom. The Kier molecular flexibility index (Phi) is 5.63. The number of nitrogens with one attached hydrogen (secondary N) is 1. The first kappa shape index (κ1) is 18.9. The number of ether oxygens (including phenoxy) is 1. The number of benzene rings is 1. The number of nitrogens with zero attached hydrogens (tertiary/aromatic N) is 4. The molecule has 28 heavy (non-hydrogen) atoms. The molecule has 2 heterocycles. The van der Waals surface area contributed by atoms with Crippen LogP contribution < -0.4 is 10.1 Å². The van der Waals surface area contributed by atoms with Crippen molar-refractivity contribution in [2.24, 2.45) is 0 Å². The van der Waals surface area contributed by atoms with Gasteiger partial charge >= 0.3 is 0 Å². The van der Waals surface area contributed by atoms with E-state index in [1.807, 2.05) is 50.2 Å². The normalized spacial score (nSPS) is 13.7. The largest absolute Gasteiger partial charge is 0.466 e. The van der Waals surface area contributed by atoms with Crippen molar-refractivity contribution in [2.75, 3.05) is 11.1 Å². The molecule has 0 unspecified atom stereocenters. The topological polar surface area (TPSA) is 81.9 Å². The number of carbonyl (C=O) groups excluding carboxylic acids is 1. The summed E-state index contributed by atoms with van der Waals surface area (Å²) in [6.45, 7) is 3.88. The Balaban J connectivity index is 1.42. The van der Waals surface area contributed by atoms with Crippen molar-refractivity contribution in [3.63, 3.8) is 0 Å². The molecule has 4 rings (SSSR count). The van der Waals surface area contributed by atoms with Gasteiger partial charge in [-0.3, -0.25) is 4.79 Å². The van der Waals surface area contributed by atoms with Crippen LogP contribution in [0.5, 0.6) is 5.19 Å². The van der Waals surface area contributed by atoms with Gasteiger partial charge in [-0.15, -0.1) is 5.10 Å². The van der Waals surface area contributed by atoms with Gasteiger partial charge in [-0.1, -0.05) is 35.1 Å². The summed E-state index contributed by atoms with van der Waals surface area (Å²) in [7, 11) is 0. The second-order valence-electron chi connectivity index (χ2n) is 6.81. The van der Waals surface area contributed by atoms with Crippen molar-refractivity contribution >= 4 is 34.8 Å². The predicted molar refractivity (Wildman–Crippen MR) is 111 cm³/mol. The van der Waals surface area contributed by atoms with Crippen LogP contribution in [0.15, 0.2) is 40.7 Å². The fourth-order valence-corrected chi connectivity index (χ4v) is 4.25. The fraction of sp³-hybridized carbons (Fsp3) is 0.368. The van der Waals surface area contributed by atoms with E-state index in [1.54, 1.807) is 4.68 Å². The van der Waals surface area contributed by atoms with Gasteiger partial charge in [-0.2, -0.15) is 5.10 Å². The molecule has 1 aliphatic carbocycles. The van der Waals surface area contributed by atoms with Crippen molar-refractivity contribution in [3.05, 3.63) is 42.1 Å². The lowest BCUT2D eigenvalue weighted by Gasteiger charge is -2.08. The maximum Gasteiger partial charge on any atom is 0.295 e. The quantitative estimate of drug-likeness (QED) is 0.557. The molecular weight excluding hydrogens is 394 g/mol. The SMILES string of the molecule is CC(C)Oc1nnc(SCC(=O)Nc2cc(C3CC3)nn2-c2ccccc2)s1. The standard InChI is InChI=1S/C19H21N5O2S2/c1-12(2)26-18-21-22-19(28-18)27-11-17(25)20-16-10-15(13-8-9-13)23-24(16)14-6-4-3-5-7-14/h3-7,10,12-13H,8-9,11H2,1-2H3,(H,20,25). The Morgan fingerprint density at radius 3 is 2.82 bits per heavy atom. The van der Waals surface area contributed by atoms with Gasteiger partial charge in [0.1, 0.15) is 5.82 Å². The first-order valence-electron chi connectivity index (χ1n) is 9.16. The highest BCUT2D eigenvalue weighted by molar-refractivity contribution is 8.01. The third-order valence-corrected chi connectivity index (χ3v) is 5.99. The van der Waals surface area contributed by atoms with Crippen LogP contribution in [-0.4, -0.2) is 37.7 Å². The van der Waals surface area contributed by atoms with E-state index >= 15 is 0 Å². The molecule has 1 amide bonds. The lowest BCUT2D eigenvalue weighted by atomic mass is 10.3. The molecule has 0 aliphatic heterocycles.